The molecule has 0 unspecified atom stereocenters. The average molecular weight is 432 g/mol. The Labute approximate surface area is 183 Å². The first-order valence-corrected chi connectivity index (χ1v) is 10.5. The van der Waals surface area contributed by atoms with E-state index >= 15 is 0 Å². The number of nitrogens with zero attached hydrogens (tertiary/aromatic N) is 5. The molecule has 3 aromatic heterocycles. The van der Waals surface area contributed by atoms with E-state index in [9.17, 15) is 9.59 Å². The van der Waals surface area contributed by atoms with Gasteiger partial charge in [0.05, 0.1) is 40.5 Å². The second-order valence-electron chi connectivity index (χ2n) is 8.45. The Morgan fingerprint density at radius 2 is 2.09 bits per heavy atom. The third-order valence-electron chi connectivity index (χ3n) is 6.07. The highest BCUT2D eigenvalue weighted by Crippen LogP contribution is 2.35. The van der Waals surface area contributed by atoms with Crippen molar-refractivity contribution in [3.63, 3.8) is 0 Å². The molecule has 0 spiro atoms. The van der Waals surface area contributed by atoms with Crippen LogP contribution in [0.1, 0.15) is 31.4 Å². The molecule has 10 nitrogen and oxygen atoms in total. The van der Waals surface area contributed by atoms with Gasteiger partial charge in [0, 0.05) is 25.2 Å². The van der Waals surface area contributed by atoms with Gasteiger partial charge >= 0.3 is 11.8 Å². The molecule has 0 bridgehead atoms. The van der Waals surface area contributed by atoms with Crippen molar-refractivity contribution in [3.05, 3.63) is 42.4 Å². The highest BCUT2D eigenvalue weighted by molar-refractivity contribution is 6.40. The van der Waals surface area contributed by atoms with Crippen LogP contribution in [0.15, 0.2) is 36.8 Å². The molecular weight excluding hydrogens is 408 g/mol. The number of benzene rings is 1. The predicted octanol–water partition coefficient (Wildman–Crippen LogP) is 2.37. The van der Waals surface area contributed by atoms with Gasteiger partial charge in [-0.25, -0.2) is 4.98 Å². The number of rotatable bonds is 2. The maximum Gasteiger partial charge on any atom is 0.314 e. The zero-order valence-electron chi connectivity index (χ0n) is 17.9. The lowest BCUT2D eigenvalue weighted by atomic mass is 9.89. The quantitative estimate of drug-likeness (QED) is 0.416. The number of amides is 2. The molecule has 4 aromatic rings. The van der Waals surface area contributed by atoms with Gasteiger partial charge in [0.2, 0.25) is 0 Å². The summed E-state index contributed by atoms with van der Waals surface area (Å²) in [5, 5.41) is 15.5. The van der Waals surface area contributed by atoms with E-state index < -0.39 is 11.8 Å². The Morgan fingerprint density at radius 3 is 2.94 bits per heavy atom. The SMILES string of the molecule is C[C@H]1CC[C@H](c2ccc3cn(C)nc3c2)N(C(=O)C(=O)Nc2cnc(N)c3cn[nH]c23)C1. The number of H-pyrrole nitrogens is 1. The molecule has 2 amide bonds. The van der Waals surface area contributed by atoms with Crippen molar-refractivity contribution in [2.45, 2.75) is 25.8 Å². The normalized spacial score (nSPS) is 18.9. The van der Waals surface area contributed by atoms with E-state index in [0.717, 1.165) is 29.3 Å². The average Bonchev–Trinajstić information content (AvgIpc) is 3.41. The molecule has 32 heavy (non-hydrogen) atoms. The maximum atomic E-state index is 13.3. The molecule has 0 aliphatic carbocycles. The fourth-order valence-corrected chi connectivity index (χ4v) is 4.44. The Hall–Kier alpha value is -3.95. The van der Waals surface area contributed by atoms with Gasteiger partial charge in [0.25, 0.3) is 0 Å². The largest absolute Gasteiger partial charge is 0.383 e. The van der Waals surface area contributed by atoms with Crippen LogP contribution in [-0.4, -0.2) is 48.2 Å². The van der Waals surface area contributed by atoms with Crippen molar-refractivity contribution >= 4 is 45.1 Å². The number of fused-ring (bicyclic) bond motifs is 2. The molecule has 2 atom stereocenters. The Kier molecular flexibility index (Phi) is 4.76. The first-order valence-electron chi connectivity index (χ1n) is 10.5. The van der Waals surface area contributed by atoms with Crippen molar-refractivity contribution in [1.82, 2.24) is 29.9 Å². The number of aromatic nitrogens is 5. The van der Waals surface area contributed by atoms with Crippen LogP contribution in [0.5, 0.6) is 0 Å². The number of pyridine rings is 1. The fourth-order valence-electron chi connectivity index (χ4n) is 4.44. The summed E-state index contributed by atoms with van der Waals surface area (Å²) in [7, 11) is 1.88. The van der Waals surface area contributed by atoms with Gasteiger partial charge in [0.1, 0.15) is 5.82 Å². The summed E-state index contributed by atoms with van der Waals surface area (Å²) < 4.78 is 1.77. The number of aryl methyl sites for hydroxylation is 1. The molecular formula is C22H24N8O2. The van der Waals surface area contributed by atoms with Crippen LogP contribution in [0.25, 0.3) is 21.8 Å². The smallest absolute Gasteiger partial charge is 0.314 e. The van der Waals surface area contributed by atoms with Gasteiger partial charge in [-0.1, -0.05) is 19.1 Å². The number of hydrogen-bond acceptors (Lipinski definition) is 6. The predicted molar refractivity (Wildman–Crippen MR) is 120 cm³/mol. The van der Waals surface area contributed by atoms with Gasteiger partial charge in [-0.2, -0.15) is 10.2 Å². The number of nitrogens with one attached hydrogen (secondary N) is 2. The van der Waals surface area contributed by atoms with E-state index in [1.165, 1.54) is 12.4 Å². The summed E-state index contributed by atoms with van der Waals surface area (Å²) in [5.41, 5.74) is 8.59. The minimum Gasteiger partial charge on any atom is -0.383 e. The number of hydrogen-bond donors (Lipinski definition) is 3. The molecule has 1 aliphatic heterocycles. The van der Waals surface area contributed by atoms with Crippen molar-refractivity contribution in [1.29, 1.82) is 0 Å². The number of nitrogen functional groups attached to an aromatic ring is 1. The molecule has 1 saturated heterocycles. The summed E-state index contributed by atoms with van der Waals surface area (Å²) >= 11 is 0. The Bertz CT molecular complexity index is 1340. The van der Waals surface area contributed by atoms with E-state index in [1.54, 1.807) is 9.58 Å². The zero-order chi connectivity index (χ0) is 22.4. The lowest BCUT2D eigenvalue weighted by Crippen LogP contribution is -2.46. The van der Waals surface area contributed by atoms with Crippen LogP contribution in [0.3, 0.4) is 0 Å². The first kappa shape index (κ1) is 20.0. The van der Waals surface area contributed by atoms with E-state index in [0.29, 0.717) is 34.9 Å². The second-order valence-corrected chi connectivity index (χ2v) is 8.45. The van der Waals surface area contributed by atoms with Crippen LogP contribution in [0.4, 0.5) is 11.5 Å². The molecule has 4 heterocycles. The molecule has 164 valence electrons. The fraction of sp³-hybridized carbons (Fsp3) is 0.318. The summed E-state index contributed by atoms with van der Waals surface area (Å²) in [4.78, 5) is 32.0. The van der Waals surface area contributed by atoms with Crippen molar-refractivity contribution in [3.8, 4) is 0 Å². The molecule has 1 fully saturated rings. The van der Waals surface area contributed by atoms with Crippen LogP contribution in [0, 0.1) is 5.92 Å². The molecule has 4 N–H and O–H groups in total. The maximum absolute atomic E-state index is 13.3. The Morgan fingerprint density at radius 1 is 1.25 bits per heavy atom. The molecule has 1 aromatic carbocycles. The Balaban J connectivity index is 1.42. The van der Waals surface area contributed by atoms with Crippen molar-refractivity contribution in [2.24, 2.45) is 13.0 Å². The summed E-state index contributed by atoms with van der Waals surface area (Å²) in [6, 6.07) is 5.84. The molecule has 5 rings (SSSR count). The minimum absolute atomic E-state index is 0.187. The minimum atomic E-state index is -0.717. The number of nitrogens with two attached hydrogens (primary N) is 1. The number of anilines is 2. The number of aromatic amines is 1. The number of carbonyl (C=O) groups is 2. The van der Waals surface area contributed by atoms with Crippen molar-refractivity contribution in [2.75, 3.05) is 17.6 Å². The highest BCUT2D eigenvalue weighted by atomic mass is 16.2. The topological polar surface area (TPSA) is 135 Å². The van der Waals surface area contributed by atoms with E-state index in [-0.39, 0.29) is 6.04 Å². The molecule has 1 aliphatic rings. The number of likely N-dealkylation sites (tertiary alicyclic amines) is 1. The van der Waals surface area contributed by atoms with Gasteiger partial charge in [-0.05, 0) is 30.4 Å². The van der Waals surface area contributed by atoms with Crippen molar-refractivity contribution < 1.29 is 9.59 Å². The van der Waals surface area contributed by atoms with Crippen LogP contribution in [-0.2, 0) is 16.6 Å². The third kappa shape index (κ3) is 3.43. The standard InChI is InChI=1S/C22H24N8O2/c1-12-3-6-18(13-4-5-14-11-29(2)28-16(14)7-13)30(10-12)22(32)21(31)26-17-9-24-20(23)15-8-25-27-19(15)17/h4-5,7-9,11-12,18H,3,6,10H2,1-2H3,(H2,23,24)(H,25,27)(H,26,31)/t12-,18+/m0/s1. The monoisotopic (exact) mass is 432 g/mol. The summed E-state index contributed by atoms with van der Waals surface area (Å²) in [6.07, 6.45) is 6.67. The lowest BCUT2D eigenvalue weighted by Gasteiger charge is -2.38. The molecule has 0 saturated carbocycles. The highest BCUT2D eigenvalue weighted by Gasteiger charge is 2.34. The number of piperidine rings is 1. The second kappa shape index (κ2) is 7.63. The van der Waals surface area contributed by atoms with Gasteiger partial charge in [-0.3, -0.25) is 19.4 Å². The van der Waals surface area contributed by atoms with Crippen LogP contribution >= 0.6 is 0 Å². The van der Waals surface area contributed by atoms with Crippen LogP contribution < -0.4 is 11.1 Å². The van der Waals surface area contributed by atoms with Gasteiger partial charge in [0.15, 0.2) is 0 Å². The first-order chi connectivity index (χ1) is 15.4. The number of carbonyl (C=O) groups excluding carboxylic acids is 2. The van der Waals surface area contributed by atoms with E-state index in [4.69, 9.17) is 5.73 Å². The van der Waals surface area contributed by atoms with Crippen LogP contribution in [0.2, 0.25) is 0 Å². The zero-order valence-corrected chi connectivity index (χ0v) is 17.9. The summed E-state index contributed by atoms with van der Waals surface area (Å²) in [6.45, 7) is 2.60. The molecule has 0 radical (unpaired) electrons. The van der Waals surface area contributed by atoms with E-state index in [1.807, 2.05) is 31.4 Å². The lowest BCUT2D eigenvalue weighted by molar-refractivity contribution is -0.146. The molecule has 10 heteroatoms. The third-order valence-corrected chi connectivity index (χ3v) is 6.07. The van der Waals surface area contributed by atoms with E-state index in [2.05, 4.69) is 32.5 Å². The summed E-state index contributed by atoms with van der Waals surface area (Å²) in [5.74, 6) is -0.690. The van der Waals surface area contributed by atoms with Gasteiger partial charge < -0.3 is 16.0 Å². The van der Waals surface area contributed by atoms with Gasteiger partial charge in [-0.15, -0.1) is 0 Å².